The Hall–Kier alpha value is 0.300. The minimum Gasteiger partial charge on any atom is -0.345 e. The van der Waals surface area contributed by atoms with Gasteiger partial charge in [0.15, 0.2) is 0 Å². The molecule has 0 radical (unpaired) electrons. The van der Waals surface area contributed by atoms with Crippen LogP contribution < -0.4 is 0 Å². The number of nitrogens with zero attached hydrogens (tertiary/aromatic N) is 1. The maximum atomic E-state index is 11.3. The van der Waals surface area contributed by atoms with Gasteiger partial charge < -0.3 is 4.90 Å². The van der Waals surface area contributed by atoms with Crippen molar-refractivity contribution >= 4 is 33.6 Å². The van der Waals surface area contributed by atoms with Crippen molar-refractivity contribution in [3.05, 3.63) is 0 Å². The van der Waals surface area contributed by atoms with E-state index in [2.05, 4.69) is 15.9 Å². The van der Waals surface area contributed by atoms with E-state index in [-0.39, 0.29) is 5.91 Å². The fraction of sp³-hybridized carbons (Fsp3) is 0.875. The Morgan fingerprint density at radius 2 is 2.25 bits per heavy atom. The number of carbonyl (C=O) groups excluding carboxylic acids is 1. The Bertz CT molecular complexity index is 141. The third-order valence-electron chi connectivity index (χ3n) is 1.47. The van der Waals surface area contributed by atoms with Crippen molar-refractivity contribution in [1.29, 1.82) is 0 Å². The van der Waals surface area contributed by atoms with Gasteiger partial charge in [0.1, 0.15) is 0 Å². The molecule has 4 heteroatoms. The summed E-state index contributed by atoms with van der Waals surface area (Å²) in [6.07, 6.45) is 2.66. The SMILES string of the molecule is CSCCC(=O)N(C)CC(C)Br. The molecule has 0 aromatic carbocycles. The highest BCUT2D eigenvalue weighted by molar-refractivity contribution is 9.09. The number of hydrogen-bond donors (Lipinski definition) is 0. The average molecular weight is 254 g/mol. The van der Waals surface area contributed by atoms with Crippen molar-refractivity contribution in [3.63, 3.8) is 0 Å². The van der Waals surface area contributed by atoms with E-state index in [1.807, 2.05) is 20.2 Å². The van der Waals surface area contributed by atoms with Crippen LogP contribution in [0, 0.1) is 0 Å². The third-order valence-corrected chi connectivity index (χ3v) is 2.37. The molecule has 0 aromatic rings. The Labute approximate surface area is 87.2 Å². The van der Waals surface area contributed by atoms with E-state index < -0.39 is 0 Å². The Kier molecular flexibility index (Phi) is 6.95. The van der Waals surface area contributed by atoms with E-state index in [4.69, 9.17) is 0 Å². The fourth-order valence-corrected chi connectivity index (χ4v) is 1.67. The molecule has 72 valence electrons. The van der Waals surface area contributed by atoms with Crippen LogP contribution in [0.25, 0.3) is 0 Å². The molecule has 0 heterocycles. The molecule has 0 aliphatic heterocycles. The van der Waals surface area contributed by atoms with E-state index in [0.717, 1.165) is 12.3 Å². The number of amides is 1. The quantitative estimate of drug-likeness (QED) is 0.699. The van der Waals surface area contributed by atoms with Crippen LogP contribution in [0.1, 0.15) is 13.3 Å². The largest absolute Gasteiger partial charge is 0.345 e. The lowest BCUT2D eigenvalue weighted by atomic mass is 10.4. The van der Waals surface area contributed by atoms with Crippen LogP contribution in [0.5, 0.6) is 0 Å². The van der Waals surface area contributed by atoms with E-state index >= 15 is 0 Å². The second-order valence-corrected chi connectivity index (χ2v) is 5.35. The van der Waals surface area contributed by atoms with E-state index in [1.54, 1.807) is 16.7 Å². The summed E-state index contributed by atoms with van der Waals surface area (Å²) in [4.78, 5) is 13.5. The summed E-state index contributed by atoms with van der Waals surface area (Å²) in [6, 6.07) is 0. The predicted octanol–water partition coefficient (Wildman–Crippen LogP) is 1.98. The Morgan fingerprint density at radius 1 is 1.67 bits per heavy atom. The smallest absolute Gasteiger partial charge is 0.223 e. The second kappa shape index (κ2) is 6.78. The summed E-state index contributed by atoms with van der Waals surface area (Å²) < 4.78 is 0. The zero-order valence-electron chi connectivity index (χ0n) is 7.84. The molecule has 1 atom stereocenters. The van der Waals surface area contributed by atoms with E-state index in [1.165, 1.54) is 0 Å². The van der Waals surface area contributed by atoms with Gasteiger partial charge in [-0.05, 0) is 6.26 Å². The van der Waals surface area contributed by atoms with Crippen LogP contribution in [0.15, 0.2) is 0 Å². The first-order valence-corrected chi connectivity index (χ1v) is 6.25. The molecule has 0 fully saturated rings. The summed E-state index contributed by atoms with van der Waals surface area (Å²) in [5.74, 6) is 1.15. The third kappa shape index (κ3) is 5.89. The highest BCUT2D eigenvalue weighted by Gasteiger charge is 2.09. The molecule has 0 aromatic heterocycles. The van der Waals surface area contributed by atoms with Crippen LogP contribution >= 0.6 is 27.7 Å². The fourth-order valence-electron chi connectivity index (χ4n) is 0.859. The number of carbonyl (C=O) groups is 1. The van der Waals surface area contributed by atoms with Crippen molar-refractivity contribution in [2.75, 3.05) is 25.6 Å². The number of thioether (sulfide) groups is 1. The molecule has 0 saturated heterocycles. The molecule has 0 spiro atoms. The van der Waals surface area contributed by atoms with E-state index in [9.17, 15) is 4.79 Å². The first-order valence-electron chi connectivity index (χ1n) is 3.95. The molecule has 1 unspecified atom stereocenters. The number of alkyl halides is 1. The molecule has 0 rings (SSSR count). The summed E-state index contributed by atoms with van der Waals surface area (Å²) in [7, 11) is 1.85. The summed E-state index contributed by atoms with van der Waals surface area (Å²) >= 11 is 5.12. The summed E-state index contributed by atoms with van der Waals surface area (Å²) in [5.41, 5.74) is 0. The van der Waals surface area contributed by atoms with Gasteiger partial charge in [-0.3, -0.25) is 4.79 Å². The zero-order valence-corrected chi connectivity index (χ0v) is 10.2. The summed E-state index contributed by atoms with van der Waals surface area (Å²) in [6.45, 7) is 2.82. The van der Waals surface area contributed by atoms with Gasteiger partial charge in [-0.2, -0.15) is 11.8 Å². The standard InChI is InChI=1S/C8H16BrNOS/c1-7(9)6-10(2)8(11)4-5-12-3/h7H,4-6H2,1-3H3. The molecular weight excluding hydrogens is 238 g/mol. The molecule has 12 heavy (non-hydrogen) atoms. The lowest BCUT2D eigenvalue weighted by molar-refractivity contribution is -0.129. The van der Waals surface area contributed by atoms with Crippen molar-refractivity contribution < 1.29 is 4.79 Å². The maximum absolute atomic E-state index is 11.3. The van der Waals surface area contributed by atoms with Gasteiger partial charge >= 0.3 is 0 Å². The maximum Gasteiger partial charge on any atom is 0.223 e. The second-order valence-electron chi connectivity index (χ2n) is 2.80. The molecule has 2 nitrogen and oxygen atoms in total. The molecule has 0 N–H and O–H groups in total. The van der Waals surface area contributed by atoms with Gasteiger partial charge in [0, 0.05) is 30.6 Å². The van der Waals surface area contributed by atoms with Crippen LogP contribution in [0.2, 0.25) is 0 Å². The lowest BCUT2D eigenvalue weighted by Gasteiger charge is -2.18. The highest BCUT2D eigenvalue weighted by Crippen LogP contribution is 2.03. The van der Waals surface area contributed by atoms with Gasteiger partial charge in [0.2, 0.25) is 5.91 Å². The Morgan fingerprint density at radius 3 is 2.67 bits per heavy atom. The van der Waals surface area contributed by atoms with Gasteiger partial charge in [0.05, 0.1) is 0 Å². The topological polar surface area (TPSA) is 20.3 Å². The highest BCUT2D eigenvalue weighted by atomic mass is 79.9. The van der Waals surface area contributed by atoms with Crippen molar-refractivity contribution in [1.82, 2.24) is 4.90 Å². The van der Waals surface area contributed by atoms with Gasteiger partial charge in [-0.15, -0.1) is 0 Å². The van der Waals surface area contributed by atoms with Crippen LogP contribution in [0.4, 0.5) is 0 Å². The van der Waals surface area contributed by atoms with Crippen LogP contribution in [-0.2, 0) is 4.79 Å². The van der Waals surface area contributed by atoms with Crippen LogP contribution in [0.3, 0.4) is 0 Å². The van der Waals surface area contributed by atoms with Crippen molar-refractivity contribution in [2.45, 2.75) is 18.2 Å². The first kappa shape index (κ1) is 12.3. The molecular formula is C8H16BrNOS. The van der Waals surface area contributed by atoms with Crippen molar-refractivity contribution in [2.24, 2.45) is 0 Å². The molecule has 0 saturated carbocycles. The number of hydrogen-bond acceptors (Lipinski definition) is 2. The minimum atomic E-state index is 0.232. The van der Waals surface area contributed by atoms with Gasteiger partial charge in [-0.1, -0.05) is 22.9 Å². The molecule has 0 aliphatic rings. The monoisotopic (exact) mass is 253 g/mol. The zero-order chi connectivity index (χ0) is 9.56. The number of halogens is 1. The lowest BCUT2D eigenvalue weighted by Crippen LogP contribution is -2.31. The normalized spacial score (nSPS) is 12.7. The van der Waals surface area contributed by atoms with E-state index in [0.29, 0.717) is 11.2 Å². The first-order chi connectivity index (χ1) is 5.57. The molecule has 0 bridgehead atoms. The molecule has 0 aliphatic carbocycles. The molecule has 1 amide bonds. The predicted molar refractivity (Wildman–Crippen MR) is 59.0 cm³/mol. The minimum absolute atomic E-state index is 0.232. The summed E-state index contributed by atoms with van der Waals surface area (Å²) in [5, 5.41) is 0. The van der Waals surface area contributed by atoms with Crippen LogP contribution in [-0.4, -0.2) is 41.2 Å². The Balaban J connectivity index is 3.61. The number of rotatable bonds is 5. The van der Waals surface area contributed by atoms with Gasteiger partial charge in [0.25, 0.3) is 0 Å². The average Bonchev–Trinajstić information content (AvgIpc) is 1.98. The van der Waals surface area contributed by atoms with Crippen molar-refractivity contribution in [3.8, 4) is 0 Å². The van der Waals surface area contributed by atoms with Gasteiger partial charge in [-0.25, -0.2) is 0 Å².